The lowest BCUT2D eigenvalue weighted by Crippen LogP contribution is -2.44. The van der Waals surface area contributed by atoms with Gasteiger partial charge in [0.25, 0.3) is 0 Å². The van der Waals surface area contributed by atoms with Crippen molar-refractivity contribution in [3.05, 3.63) is 71.8 Å². The van der Waals surface area contributed by atoms with Crippen LogP contribution in [0.3, 0.4) is 0 Å². The Kier molecular flexibility index (Phi) is 9.56. The van der Waals surface area contributed by atoms with E-state index in [1.807, 2.05) is 69.5 Å². The van der Waals surface area contributed by atoms with Crippen LogP contribution in [0.5, 0.6) is 0 Å². The van der Waals surface area contributed by atoms with Crippen LogP contribution in [-0.2, 0) is 16.1 Å². The molecule has 0 aliphatic carbocycles. The molecule has 0 heterocycles. The number of ether oxygens (including phenoxy) is 1. The average molecular weight is 341 g/mol. The third-order valence-electron chi connectivity index (χ3n) is 3.89. The summed E-state index contributed by atoms with van der Waals surface area (Å²) in [6.45, 7) is 9.10. The topological polar surface area (TPSA) is 29.5 Å². The van der Waals surface area contributed by atoms with Crippen molar-refractivity contribution in [2.45, 2.75) is 40.3 Å². The smallest absolute Gasteiger partial charge is 0.323 e. The fourth-order valence-corrected chi connectivity index (χ4v) is 2.76. The molecule has 1 aromatic rings. The number of benzene rings is 1. The Labute approximate surface area is 152 Å². The van der Waals surface area contributed by atoms with Gasteiger partial charge in [-0.2, -0.15) is 0 Å². The van der Waals surface area contributed by atoms with Crippen molar-refractivity contribution in [1.29, 1.82) is 0 Å². The van der Waals surface area contributed by atoms with Gasteiger partial charge in [0.05, 0.1) is 0 Å². The van der Waals surface area contributed by atoms with Gasteiger partial charge in [-0.3, -0.25) is 9.69 Å². The summed E-state index contributed by atoms with van der Waals surface area (Å²) in [4.78, 5) is 14.7. The van der Waals surface area contributed by atoms with E-state index in [-0.39, 0.29) is 17.9 Å². The minimum Gasteiger partial charge on any atom is -0.460 e. The Morgan fingerprint density at radius 1 is 1.16 bits per heavy atom. The molecule has 3 heteroatoms. The van der Waals surface area contributed by atoms with E-state index in [4.69, 9.17) is 4.74 Å². The van der Waals surface area contributed by atoms with Gasteiger partial charge in [0.1, 0.15) is 12.6 Å². The number of carbonyl (C=O) groups excluding carboxylic acids is 1. The van der Waals surface area contributed by atoms with E-state index in [9.17, 15) is 4.79 Å². The summed E-state index contributed by atoms with van der Waals surface area (Å²) in [6.07, 6.45) is 10.2. The lowest BCUT2D eigenvalue weighted by atomic mass is 10.0. The first-order chi connectivity index (χ1) is 12.0. The molecular weight excluding hydrogens is 310 g/mol. The SMILES string of the molecule is CC=CC=C(C=CC)CN(C)C(C(=O)OCc1ccccc1)C(C)C. The molecule has 1 aromatic carbocycles. The molecule has 0 saturated heterocycles. The first kappa shape index (κ1) is 20.9. The highest BCUT2D eigenvalue weighted by atomic mass is 16.5. The highest BCUT2D eigenvalue weighted by Crippen LogP contribution is 2.15. The molecule has 0 amide bonds. The van der Waals surface area contributed by atoms with Crippen LogP contribution < -0.4 is 0 Å². The molecule has 136 valence electrons. The molecule has 0 saturated carbocycles. The zero-order valence-electron chi connectivity index (χ0n) is 16.1. The van der Waals surface area contributed by atoms with Gasteiger partial charge in [-0.25, -0.2) is 0 Å². The van der Waals surface area contributed by atoms with E-state index >= 15 is 0 Å². The average Bonchev–Trinajstić information content (AvgIpc) is 2.58. The lowest BCUT2D eigenvalue weighted by Gasteiger charge is -2.29. The summed E-state index contributed by atoms with van der Waals surface area (Å²) >= 11 is 0. The summed E-state index contributed by atoms with van der Waals surface area (Å²) in [5.74, 6) is -0.00550. The van der Waals surface area contributed by atoms with E-state index in [0.717, 1.165) is 11.1 Å². The molecule has 0 radical (unpaired) electrons. The van der Waals surface area contributed by atoms with Crippen molar-refractivity contribution in [2.75, 3.05) is 13.6 Å². The molecule has 0 bridgehead atoms. The van der Waals surface area contributed by atoms with Crippen LogP contribution in [0, 0.1) is 5.92 Å². The van der Waals surface area contributed by atoms with E-state index in [1.165, 1.54) is 0 Å². The Hall–Kier alpha value is -2.13. The van der Waals surface area contributed by atoms with E-state index in [1.54, 1.807) is 0 Å². The largest absolute Gasteiger partial charge is 0.460 e. The minimum absolute atomic E-state index is 0.168. The molecular formula is C22H31NO2. The number of likely N-dealkylation sites (N-methyl/N-ethyl adjacent to an activating group) is 1. The van der Waals surface area contributed by atoms with Crippen LogP contribution in [0.25, 0.3) is 0 Å². The highest BCUT2D eigenvalue weighted by Gasteiger charge is 2.28. The van der Waals surface area contributed by atoms with Crippen molar-refractivity contribution in [1.82, 2.24) is 4.90 Å². The molecule has 1 atom stereocenters. The molecule has 25 heavy (non-hydrogen) atoms. The molecule has 0 aliphatic rings. The molecule has 0 spiro atoms. The zero-order chi connectivity index (χ0) is 18.7. The van der Waals surface area contributed by atoms with Gasteiger partial charge < -0.3 is 4.74 Å². The first-order valence-corrected chi connectivity index (χ1v) is 8.85. The Morgan fingerprint density at radius 3 is 2.40 bits per heavy atom. The van der Waals surface area contributed by atoms with Gasteiger partial charge in [-0.15, -0.1) is 0 Å². The second kappa shape index (κ2) is 11.4. The maximum Gasteiger partial charge on any atom is 0.323 e. The summed E-state index contributed by atoms with van der Waals surface area (Å²) < 4.78 is 5.56. The number of esters is 1. The predicted molar refractivity (Wildman–Crippen MR) is 105 cm³/mol. The number of nitrogens with zero attached hydrogens (tertiary/aromatic N) is 1. The second-order valence-electron chi connectivity index (χ2n) is 6.46. The maximum absolute atomic E-state index is 12.6. The van der Waals surface area contributed by atoms with Crippen LogP contribution in [0.2, 0.25) is 0 Å². The number of hydrogen-bond acceptors (Lipinski definition) is 3. The third kappa shape index (κ3) is 7.53. The second-order valence-corrected chi connectivity index (χ2v) is 6.46. The Morgan fingerprint density at radius 2 is 1.84 bits per heavy atom. The summed E-state index contributed by atoms with van der Waals surface area (Å²) in [7, 11) is 1.97. The van der Waals surface area contributed by atoms with Gasteiger partial charge >= 0.3 is 5.97 Å². The lowest BCUT2D eigenvalue weighted by molar-refractivity contribution is -0.152. The van der Waals surface area contributed by atoms with Crippen LogP contribution >= 0.6 is 0 Å². The van der Waals surface area contributed by atoms with Crippen molar-refractivity contribution < 1.29 is 9.53 Å². The molecule has 3 nitrogen and oxygen atoms in total. The molecule has 1 rings (SSSR count). The number of carbonyl (C=O) groups is 1. The third-order valence-corrected chi connectivity index (χ3v) is 3.89. The maximum atomic E-state index is 12.6. The van der Waals surface area contributed by atoms with E-state index in [2.05, 4.69) is 30.9 Å². The van der Waals surface area contributed by atoms with Crippen LogP contribution in [0.1, 0.15) is 33.3 Å². The standard InChI is InChI=1S/C22H31NO2/c1-6-8-13-19(12-7-2)16-23(5)21(18(3)4)22(24)25-17-20-14-10-9-11-15-20/h6-15,18,21H,16-17H2,1-5H3. The van der Waals surface area contributed by atoms with Gasteiger partial charge in [-0.05, 0) is 37.9 Å². The minimum atomic E-state index is -0.275. The van der Waals surface area contributed by atoms with Gasteiger partial charge in [-0.1, -0.05) is 74.6 Å². The Balaban J connectivity index is 2.77. The number of allylic oxidation sites excluding steroid dienone is 4. The van der Waals surface area contributed by atoms with Gasteiger partial charge in [0.15, 0.2) is 0 Å². The van der Waals surface area contributed by atoms with Gasteiger partial charge in [0.2, 0.25) is 0 Å². The monoisotopic (exact) mass is 341 g/mol. The summed E-state index contributed by atoms with van der Waals surface area (Å²) in [6, 6.07) is 9.50. The van der Waals surface area contributed by atoms with Crippen molar-refractivity contribution in [3.63, 3.8) is 0 Å². The molecule has 0 fully saturated rings. The van der Waals surface area contributed by atoms with Crippen LogP contribution in [0.4, 0.5) is 0 Å². The van der Waals surface area contributed by atoms with E-state index in [0.29, 0.717) is 13.2 Å². The van der Waals surface area contributed by atoms with Crippen molar-refractivity contribution in [3.8, 4) is 0 Å². The van der Waals surface area contributed by atoms with Crippen molar-refractivity contribution in [2.24, 2.45) is 5.92 Å². The fraction of sp³-hybridized carbons (Fsp3) is 0.409. The first-order valence-electron chi connectivity index (χ1n) is 8.85. The fourth-order valence-electron chi connectivity index (χ4n) is 2.76. The zero-order valence-corrected chi connectivity index (χ0v) is 16.1. The molecule has 0 aromatic heterocycles. The molecule has 1 unspecified atom stereocenters. The molecule has 0 N–H and O–H groups in total. The predicted octanol–water partition coefficient (Wildman–Crippen LogP) is 4.76. The van der Waals surface area contributed by atoms with Crippen molar-refractivity contribution >= 4 is 5.97 Å². The van der Waals surface area contributed by atoms with Gasteiger partial charge in [0, 0.05) is 6.54 Å². The van der Waals surface area contributed by atoms with Crippen LogP contribution in [0.15, 0.2) is 66.3 Å². The summed E-state index contributed by atoms with van der Waals surface area (Å²) in [5, 5.41) is 0. The number of rotatable bonds is 9. The normalized spacial score (nSPS) is 14.0. The van der Waals surface area contributed by atoms with E-state index < -0.39 is 0 Å². The Bertz CT molecular complexity index is 600. The number of hydrogen-bond donors (Lipinski definition) is 0. The molecule has 0 aliphatic heterocycles. The highest BCUT2D eigenvalue weighted by molar-refractivity contribution is 5.76. The quantitative estimate of drug-likeness (QED) is 0.479. The summed E-state index contributed by atoms with van der Waals surface area (Å²) in [5.41, 5.74) is 2.16. The van der Waals surface area contributed by atoms with Crippen LogP contribution in [-0.4, -0.2) is 30.5 Å².